The molecule has 0 spiro atoms. The Hall–Kier alpha value is 0.430. The minimum absolute atomic E-state index is 0.710. The normalized spacial score (nSPS) is 24.0. The van der Waals surface area contributed by atoms with Gasteiger partial charge in [0.25, 0.3) is 0 Å². The van der Waals surface area contributed by atoms with Crippen molar-refractivity contribution in [3.05, 3.63) is 21.3 Å². The lowest BCUT2D eigenvalue weighted by atomic mass is 10.2. The number of likely N-dealkylation sites (tertiary alicyclic amines) is 1. The quantitative estimate of drug-likeness (QED) is 0.742. The molecule has 1 aliphatic heterocycles. The van der Waals surface area contributed by atoms with Crippen molar-refractivity contribution in [1.82, 2.24) is 4.90 Å². The van der Waals surface area contributed by atoms with Gasteiger partial charge in [-0.05, 0) is 43.8 Å². The SMILES string of the molecule is Clc1ccsc1CN1CCCC(Br)CC1. The first kappa shape index (κ1) is 11.9. The summed E-state index contributed by atoms with van der Waals surface area (Å²) in [5.74, 6) is 0. The van der Waals surface area contributed by atoms with Crippen LogP contribution in [0.4, 0.5) is 0 Å². The van der Waals surface area contributed by atoms with Gasteiger partial charge in [-0.25, -0.2) is 0 Å². The minimum atomic E-state index is 0.710. The van der Waals surface area contributed by atoms with Gasteiger partial charge in [0.1, 0.15) is 0 Å². The van der Waals surface area contributed by atoms with Crippen molar-refractivity contribution in [1.29, 1.82) is 0 Å². The zero-order chi connectivity index (χ0) is 10.7. The van der Waals surface area contributed by atoms with E-state index in [4.69, 9.17) is 11.6 Å². The van der Waals surface area contributed by atoms with Crippen LogP contribution in [0.25, 0.3) is 0 Å². The van der Waals surface area contributed by atoms with Crippen LogP contribution in [0.15, 0.2) is 11.4 Å². The number of thiophene rings is 1. The highest BCUT2D eigenvalue weighted by molar-refractivity contribution is 9.09. The lowest BCUT2D eigenvalue weighted by Crippen LogP contribution is -2.23. The van der Waals surface area contributed by atoms with E-state index in [0.29, 0.717) is 4.83 Å². The van der Waals surface area contributed by atoms with Gasteiger partial charge in [0.05, 0.1) is 5.02 Å². The van der Waals surface area contributed by atoms with Crippen LogP contribution in [0.2, 0.25) is 5.02 Å². The first-order valence-corrected chi connectivity index (χ1v) is 7.51. The maximum Gasteiger partial charge on any atom is 0.0558 e. The molecule has 0 aliphatic carbocycles. The van der Waals surface area contributed by atoms with E-state index < -0.39 is 0 Å². The Labute approximate surface area is 109 Å². The number of hydrogen-bond donors (Lipinski definition) is 0. The number of rotatable bonds is 2. The monoisotopic (exact) mass is 307 g/mol. The highest BCUT2D eigenvalue weighted by Crippen LogP contribution is 2.25. The third kappa shape index (κ3) is 3.45. The number of halogens is 2. The summed E-state index contributed by atoms with van der Waals surface area (Å²) >= 11 is 11.6. The average Bonchev–Trinajstić information content (AvgIpc) is 2.48. The van der Waals surface area contributed by atoms with Crippen molar-refractivity contribution in [2.45, 2.75) is 30.6 Å². The van der Waals surface area contributed by atoms with Crippen LogP contribution in [-0.2, 0) is 6.54 Å². The molecule has 1 nitrogen and oxygen atoms in total. The predicted octanol–water partition coefficient (Wildman–Crippen LogP) is 4.15. The molecule has 1 unspecified atom stereocenters. The van der Waals surface area contributed by atoms with Crippen molar-refractivity contribution in [2.24, 2.45) is 0 Å². The molecule has 0 saturated carbocycles. The molecule has 0 N–H and O–H groups in total. The first-order chi connectivity index (χ1) is 7.25. The molecule has 0 amide bonds. The summed E-state index contributed by atoms with van der Waals surface area (Å²) in [5.41, 5.74) is 0. The van der Waals surface area contributed by atoms with Crippen LogP contribution in [0, 0.1) is 0 Å². The van der Waals surface area contributed by atoms with Crippen LogP contribution < -0.4 is 0 Å². The summed E-state index contributed by atoms with van der Waals surface area (Å²) in [7, 11) is 0. The van der Waals surface area contributed by atoms with Crippen molar-refractivity contribution < 1.29 is 0 Å². The van der Waals surface area contributed by atoms with Crippen LogP contribution in [0.3, 0.4) is 0 Å². The standard InChI is InChI=1S/C11H15BrClNS/c12-9-2-1-5-14(6-3-9)8-11-10(13)4-7-15-11/h4,7,9H,1-3,5-6,8H2. The van der Waals surface area contributed by atoms with Crippen LogP contribution in [0.5, 0.6) is 0 Å². The summed E-state index contributed by atoms with van der Waals surface area (Å²) < 4.78 is 0. The second-order valence-corrected chi connectivity index (χ2v) is 6.70. The molecule has 15 heavy (non-hydrogen) atoms. The zero-order valence-electron chi connectivity index (χ0n) is 8.59. The molecule has 1 aromatic rings. The number of alkyl halides is 1. The lowest BCUT2D eigenvalue weighted by molar-refractivity contribution is 0.280. The van der Waals surface area contributed by atoms with Gasteiger partial charge in [-0.2, -0.15) is 0 Å². The Morgan fingerprint density at radius 1 is 1.47 bits per heavy atom. The van der Waals surface area contributed by atoms with Gasteiger partial charge in [-0.3, -0.25) is 4.90 Å². The van der Waals surface area contributed by atoms with E-state index in [1.54, 1.807) is 11.3 Å². The molecule has 1 aromatic heterocycles. The molecule has 1 saturated heterocycles. The minimum Gasteiger partial charge on any atom is -0.298 e. The van der Waals surface area contributed by atoms with Crippen LogP contribution in [-0.4, -0.2) is 22.8 Å². The lowest BCUT2D eigenvalue weighted by Gasteiger charge is -2.18. The summed E-state index contributed by atoms with van der Waals surface area (Å²) in [6.07, 6.45) is 3.84. The maximum atomic E-state index is 6.10. The van der Waals surface area contributed by atoms with E-state index >= 15 is 0 Å². The van der Waals surface area contributed by atoms with E-state index in [1.807, 2.05) is 6.07 Å². The molecule has 2 heterocycles. The molecule has 0 aromatic carbocycles. The maximum absolute atomic E-state index is 6.10. The van der Waals surface area contributed by atoms with E-state index in [1.165, 1.54) is 37.2 Å². The Morgan fingerprint density at radius 2 is 2.33 bits per heavy atom. The highest BCUT2D eigenvalue weighted by Gasteiger charge is 2.15. The summed E-state index contributed by atoms with van der Waals surface area (Å²) in [6, 6.07) is 1.99. The molecule has 0 bridgehead atoms. The largest absolute Gasteiger partial charge is 0.298 e. The number of nitrogens with zero attached hydrogens (tertiary/aromatic N) is 1. The van der Waals surface area contributed by atoms with Crippen LogP contribution in [0.1, 0.15) is 24.1 Å². The smallest absolute Gasteiger partial charge is 0.0558 e. The predicted molar refractivity (Wildman–Crippen MR) is 71.2 cm³/mol. The summed E-state index contributed by atoms with van der Waals surface area (Å²) in [6.45, 7) is 3.41. The molecule has 0 radical (unpaired) electrons. The van der Waals surface area contributed by atoms with Gasteiger partial charge in [-0.15, -0.1) is 11.3 Å². The van der Waals surface area contributed by atoms with E-state index in [2.05, 4.69) is 26.2 Å². The molecular formula is C11H15BrClNS. The molecule has 2 rings (SSSR count). The Balaban J connectivity index is 1.92. The van der Waals surface area contributed by atoms with Crippen molar-refractivity contribution in [3.8, 4) is 0 Å². The highest BCUT2D eigenvalue weighted by atomic mass is 79.9. The van der Waals surface area contributed by atoms with Crippen molar-refractivity contribution in [2.75, 3.05) is 13.1 Å². The van der Waals surface area contributed by atoms with Crippen molar-refractivity contribution in [3.63, 3.8) is 0 Å². The molecule has 1 atom stereocenters. The van der Waals surface area contributed by atoms with E-state index in [9.17, 15) is 0 Å². The summed E-state index contributed by atoms with van der Waals surface area (Å²) in [4.78, 5) is 4.53. The molecular weight excluding hydrogens is 294 g/mol. The third-order valence-corrected chi connectivity index (χ3v) is 5.10. The average molecular weight is 309 g/mol. The topological polar surface area (TPSA) is 3.24 Å². The number of hydrogen-bond acceptors (Lipinski definition) is 2. The molecule has 4 heteroatoms. The van der Waals surface area contributed by atoms with Gasteiger partial charge < -0.3 is 0 Å². The zero-order valence-corrected chi connectivity index (χ0v) is 11.7. The fraction of sp³-hybridized carbons (Fsp3) is 0.636. The molecule has 84 valence electrons. The Bertz CT molecular complexity index is 315. The molecule has 1 fully saturated rings. The van der Waals surface area contributed by atoms with Gasteiger partial charge in [0, 0.05) is 16.2 Å². The molecule has 1 aliphatic rings. The van der Waals surface area contributed by atoms with Gasteiger partial charge in [0.2, 0.25) is 0 Å². The Morgan fingerprint density at radius 3 is 3.07 bits per heavy atom. The fourth-order valence-corrected chi connectivity index (χ4v) is 3.58. The van der Waals surface area contributed by atoms with Gasteiger partial charge in [0.15, 0.2) is 0 Å². The van der Waals surface area contributed by atoms with Gasteiger partial charge in [-0.1, -0.05) is 27.5 Å². The first-order valence-electron chi connectivity index (χ1n) is 5.34. The van der Waals surface area contributed by atoms with Crippen molar-refractivity contribution >= 4 is 38.9 Å². The third-order valence-electron chi connectivity index (χ3n) is 2.81. The van der Waals surface area contributed by atoms with E-state index in [0.717, 1.165) is 11.6 Å². The summed E-state index contributed by atoms with van der Waals surface area (Å²) in [5, 5.41) is 3.00. The fourth-order valence-electron chi connectivity index (χ4n) is 1.91. The van der Waals surface area contributed by atoms with Gasteiger partial charge >= 0.3 is 0 Å². The Kier molecular flexibility index (Phi) is 4.50. The van der Waals surface area contributed by atoms with Crippen LogP contribution >= 0.6 is 38.9 Å². The second-order valence-electron chi connectivity index (χ2n) is 4.00. The second kappa shape index (κ2) is 5.67. The van der Waals surface area contributed by atoms with E-state index in [-0.39, 0.29) is 0 Å².